The van der Waals surface area contributed by atoms with Crippen LogP contribution in [0.1, 0.15) is 16.1 Å². The minimum Gasteiger partial charge on any atom is -0.365 e. The molecule has 30 heavy (non-hydrogen) atoms. The molecule has 0 spiro atoms. The van der Waals surface area contributed by atoms with E-state index in [4.69, 9.17) is 23.9 Å². The van der Waals surface area contributed by atoms with Crippen LogP contribution in [0.3, 0.4) is 0 Å². The first kappa shape index (κ1) is 19.6. The summed E-state index contributed by atoms with van der Waals surface area (Å²) in [5.74, 6) is -0.622. The first-order valence-corrected chi connectivity index (χ1v) is 9.67. The van der Waals surface area contributed by atoms with E-state index in [0.29, 0.717) is 35.2 Å². The molecular formula is C22H18ClN5O2. The number of nitrogens with one attached hydrogen (secondary N) is 1. The predicted octanol–water partition coefficient (Wildman–Crippen LogP) is 4.51. The Morgan fingerprint density at radius 1 is 1.07 bits per heavy atom. The molecule has 1 aliphatic rings. The molecule has 2 heterocycles. The van der Waals surface area contributed by atoms with Crippen molar-refractivity contribution in [2.75, 3.05) is 11.9 Å². The van der Waals surface area contributed by atoms with Crippen molar-refractivity contribution in [2.45, 2.75) is 13.1 Å². The lowest BCUT2D eigenvalue weighted by atomic mass is 10.1. The first-order valence-electron chi connectivity index (χ1n) is 9.29. The van der Waals surface area contributed by atoms with E-state index in [1.807, 2.05) is 34.9 Å². The zero-order valence-electron chi connectivity index (χ0n) is 15.9. The molecule has 0 saturated heterocycles. The maximum atomic E-state index is 12.8. The topological polar surface area (TPSA) is 84.7 Å². The molecule has 150 valence electrons. The highest BCUT2D eigenvalue weighted by atomic mass is 35.5. The number of primary amides is 1. The van der Waals surface area contributed by atoms with E-state index in [2.05, 4.69) is 10.2 Å². The Morgan fingerprint density at radius 3 is 2.40 bits per heavy atom. The zero-order chi connectivity index (χ0) is 21.3. The van der Waals surface area contributed by atoms with Gasteiger partial charge in [-0.1, -0.05) is 54.1 Å². The van der Waals surface area contributed by atoms with Gasteiger partial charge >= 0.3 is 6.03 Å². The lowest BCUT2D eigenvalue weighted by Crippen LogP contribution is -2.41. The molecule has 0 atom stereocenters. The lowest BCUT2D eigenvalue weighted by Gasteiger charge is -2.30. The number of halogens is 1. The van der Waals surface area contributed by atoms with E-state index in [9.17, 15) is 9.59 Å². The second-order valence-electron chi connectivity index (χ2n) is 6.88. The number of nitrogens with two attached hydrogens (primary N) is 1. The molecule has 3 aromatic rings. The van der Waals surface area contributed by atoms with Gasteiger partial charge < -0.3 is 20.5 Å². The van der Waals surface area contributed by atoms with Crippen molar-refractivity contribution in [3.8, 4) is 11.3 Å². The minimum atomic E-state index is -0.622. The summed E-state index contributed by atoms with van der Waals surface area (Å²) in [4.78, 5) is 29.9. The van der Waals surface area contributed by atoms with E-state index in [-0.39, 0.29) is 18.1 Å². The molecule has 0 fully saturated rings. The van der Waals surface area contributed by atoms with E-state index >= 15 is 0 Å². The van der Waals surface area contributed by atoms with Crippen molar-refractivity contribution in [3.05, 3.63) is 82.3 Å². The van der Waals surface area contributed by atoms with Crippen LogP contribution in [0.2, 0.25) is 5.02 Å². The number of hydrogen-bond donors (Lipinski definition) is 2. The van der Waals surface area contributed by atoms with Crippen molar-refractivity contribution >= 4 is 34.9 Å². The normalized spacial score (nSPS) is 12.7. The summed E-state index contributed by atoms with van der Waals surface area (Å²) in [6.07, 6.45) is 0. The first-order chi connectivity index (χ1) is 14.5. The minimum absolute atomic E-state index is 0.205. The molecule has 4 rings (SSSR count). The van der Waals surface area contributed by atoms with Gasteiger partial charge in [0.25, 0.3) is 5.91 Å². The molecule has 3 amide bonds. The van der Waals surface area contributed by atoms with Gasteiger partial charge in [-0.3, -0.25) is 4.79 Å². The second kappa shape index (κ2) is 7.93. The number of anilines is 1. The Morgan fingerprint density at radius 2 is 1.77 bits per heavy atom. The number of benzene rings is 2. The maximum absolute atomic E-state index is 12.8. The van der Waals surface area contributed by atoms with E-state index < -0.39 is 5.91 Å². The smallest absolute Gasteiger partial charge is 0.322 e. The summed E-state index contributed by atoms with van der Waals surface area (Å²) in [5, 5.41) is 3.13. The Bertz CT molecular complexity index is 1160. The summed E-state index contributed by atoms with van der Waals surface area (Å²) in [6.45, 7) is 8.13. The lowest BCUT2D eigenvalue weighted by molar-refractivity contribution is 0.0997. The molecule has 0 saturated carbocycles. The van der Waals surface area contributed by atoms with Crippen LogP contribution in [0.15, 0.2) is 54.6 Å². The van der Waals surface area contributed by atoms with Gasteiger partial charge in [0, 0.05) is 18.8 Å². The van der Waals surface area contributed by atoms with Crippen LogP contribution in [-0.4, -0.2) is 28.0 Å². The van der Waals surface area contributed by atoms with Crippen molar-refractivity contribution < 1.29 is 9.59 Å². The zero-order valence-corrected chi connectivity index (χ0v) is 16.7. The molecule has 2 aromatic carbocycles. The van der Waals surface area contributed by atoms with Crippen LogP contribution in [-0.2, 0) is 13.1 Å². The fourth-order valence-electron chi connectivity index (χ4n) is 3.65. The average Bonchev–Trinajstić information content (AvgIpc) is 3.06. The number of fused-ring (bicyclic) bond motifs is 1. The van der Waals surface area contributed by atoms with Crippen LogP contribution in [0.25, 0.3) is 16.1 Å². The Balaban J connectivity index is 1.64. The number of aromatic nitrogens is 1. The Labute approximate surface area is 178 Å². The summed E-state index contributed by atoms with van der Waals surface area (Å²) in [5.41, 5.74) is 9.19. The van der Waals surface area contributed by atoms with Crippen LogP contribution >= 0.6 is 11.6 Å². The number of nitrogens with zero attached hydrogens (tertiary/aromatic N) is 3. The van der Waals surface area contributed by atoms with Gasteiger partial charge in [0.15, 0.2) is 5.69 Å². The third-order valence-electron chi connectivity index (χ3n) is 5.07. The van der Waals surface area contributed by atoms with Gasteiger partial charge in [0.05, 0.1) is 35.1 Å². The number of rotatable bonds is 3. The van der Waals surface area contributed by atoms with Crippen LogP contribution in [0.5, 0.6) is 0 Å². The standard InChI is InChI=1S/C22H18ClN5O2/c1-25-15-7-9-16(10-8-15)26-22(30)27-11-12-28-17(13-27)18(21(24)29)19(23)20(28)14-5-3-2-4-6-14/h2-10H,11-13H2,(H2,24,29)(H,26,30). The largest absolute Gasteiger partial charge is 0.365 e. The monoisotopic (exact) mass is 419 g/mol. The van der Waals surface area contributed by atoms with E-state index in [1.165, 1.54) is 0 Å². The summed E-state index contributed by atoms with van der Waals surface area (Å²) < 4.78 is 1.96. The fraction of sp³-hybridized carbons (Fsp3) is 0.136. The van der Waals surface area contributed by atoms with Crippen molar-refractivity contribution in [2.24, 2.45) is 5.73 Å². The highest BCUT2D eigenvalue weighted by molar-refractivity contribution is 6.36. The van der Waals surface area contributed by atoms with Gasteiger partial charge in [0.1, 0.15) is 0 Å². The van der Waals surface area contributed by atoms with Gasteiger partial charge in [0.2, 0.25) is 0 Å². The molecule has 3 N–H and O–H groups in total. The highest BCUT2D eigenvalue weighted by Crippen LogP contribution is 2.37. The van der Waals surface area contributed by atoms with Gasteiger partial charge in [-0.2, -0.15) is 0 Å². The molecular weight excluding hydrogens is 402 g/mol. The van der Waals surface area contributed by atoms with Gasteiger partial charge in [-0.15, -0.1) is 0 Å². The SMILES string of the molecule is [C-]#[N+]c1ccc(NC(=O)N2CCn3c(c(C(N)=O)c(Cl)c3-c3ccccc3)C2)cc1. The molecule has 0 unspecified atom stereocenters. The summed E-state index contributed by atoms with van der Waals surface area (Å²) in [7, 11) is 0. The highest BCUT2D eigenvalue weighted by Gasteiger charge is 2.31. The number of urea groups is 1. The quantitative estimate of drug-likeness (QED) is 0.612. The molecule has 7 nitrogen and oxygen atoms in total. The third-order valence-corrected chi connectivity index (χ3v) is 5.44. The molecule has 0 aliphatic carbocycles. The van der Waals surface area contributed by atoms with E-state index in [1.54, 1.807) is 29.2 Å². The number of hydrogen-bond acceptors (Lipinski definition) is 2. The van der Waals surface area contributed by atoms with Crippen molar-refractivity contribution in [1.82, 2.24) is 9.47 Å². The Hall–Kier alpha value is -3.76. The van der Waals surface area contributed by atoms with Crippen LogP contribution in [0.4, 0.5) is 16.2 Å². The molecule has 1 aliphatic heterocycles. The molecule has 0 bridgehead atoms. The molecule has 0 radical (unpaired) electrons. The summed E-state index contributed by atoms with van der Waals surface area (Å²) >= 11 is 6.57. The fourth-order valence-corrected chi connectivity index (χ4v) is 4.06. The van der Waals surface area contributed by atoms with Crippen molar-refractivity contribution in [1.29, 1.82) is 0 Å². The van der Waals surface area contributed by atoms with Crippen LogP contribution < -0.4 is 11.1 Å². The molecule has 1 aromatic heterocycles. The summed E-state index contributed by atoms with van der Waals surface area (Å²) in [6, 6.07) is 15.9. The van der Waals surface area contributed by atoms with Gasteiger partial charge in [-0.25, -0.2) is 9.64 Å². The second-order valence-corrected chi connectivity index (χ2v) is 7.25. The molecule has 8 heteroatoms. The Kier molecular flexibility index (Phi) is 5.17. The number of amides is 3. The maximum Gasteiger partial charge on any atom is 0.322 e. The third kappa shape index (κ3) is 3.49. The average molecular weight is 420 g/mol. The van der Waals surface area contributed by atoms with Gasteiger partial charge in [-0.05, 0) is 17.7 Å². The number of carbonyl (C=O) groups excluding carboxylic acids is 2. The van der Waals surface area contributed by atoms with Crippen molar-refractivity contribution in [3.63, 3.8) is 0 Å². The predicted molar refractivity (Wildman–Crippen MR) is 116 cm³/mol. The van der Waals surface area contributed by atoms with Crippen LogP contribution in [0, 0.1) is 6.57 Å². The van der Waals surface area contributed by atoms with E-state index in [0.717, 1.165) is 11.3 Å². The number of carbonyl (C=O) groups is 2.